The van der Waals surface area contributed by atoms with Gasteiger partial charge in [0.1, 0.15) is 5.65 Å². The number of benzene rings is 1. The van der Waals surface area contributed by atoms with Gasteiger partial charge in [-0.05, 0) is 36.2 Å². The molecule has 4 rings (SSSR count). The SMILES string of the molecule is C(#Cc1ccccc1)C1=CCN(Cc2c[nH]c3ncccc23)CC1. The highest BCUT2D eigenvalue weighted by Crippen LogP contribution is 2.19. The number of aromatic amines is 1. The molecule has 0 unspecified atom stereocenters. The molecule has 1 aliphatic heterocycles. The molecule has 0 saturated carbocycles. The third kappa shape index (κ3) is 3.24. The first-order valence-corrected chi connectivity index (χ1v) is 8.28. The fourth-order valence-electron chi connectivity index (χ4n) is 3.03. The van der Waals surface area contributed by atoms with Crippen LogP contribution in [0.15, 0.2) is 66.5 Å². The summed E-state index contributed by atoms with van der Waals surface area (Å²) in [7, 11) is 0. The standard InChI is InChI=1S/C21H19N3/c1-2-5-17(6-3-1)8-9-18-10-13-24(14-11-18)16-19-15-23-21-20(19)7-4-12-22-21/h1-7,10,12,15H,11,13-14,16H2,(H,22,23). The molecule has 3 heterocycles. The average Bonchev–Trinajstić information content (AvgIpc) is 3.05. The van der Waals surface area contributed by atoms with Crippen LogP contribution < -0.4 is 0 Å². The minimum atomic E-state index is 0.946. The smallest absolute Gasteiger partial charge is 0.137 e. The van der Waals surface area contributed by atoms with E-state index in [0.717, 1.165) is 37.3 Å². The molecule has 0 fully saturated rings. The summed E-state index contributed by atoms with van der Waals surface area (Å²) >= 11 is 0. The Morgan fingerprint density at radius 3 is 2.83 bits per heavy atom. The lowest BCUT2D eigenvalue weighted by atomic mass is 10.1. The van der Waals surface area contributed by atoms with Crippen LogP contribution >= 0.6 is 0 Å². The monoisotopic (exact) mass is 313 g/mol. The molecule has 1 N–H and O–H groups in total. The van der Waals surface area contributed by atoms with Crippen molar-refractivity contribution in [2.45, 2.75) is 13.0 Å². The third-order valence-corrected chi connectivity index (χ3v) is 4.37. The van der Waals surface area contributed by atoms with Crippen molar-refractivity contribution >= 4 is 11.0 Å². The highest BCUT2D eigenvalue weighted by molar-refractivity contribution is 5.79. The fourth-order valence-corrected chi connectivity index (χ4v) is 3.03. The minimum absolute atomic E-state index is 0.946. The lowest BCUT2D eigenvalue weighted by molar-refractivity contribution is 0.289. The summed E-state index contributed by atoms with van der Waals surface area (Å²) in [6.45, 7) is 2.94. The van der Waals surface area contributed by atoms with Crippen LogP contribution in [0, 0.1) is 11.8 Å². The largest absolute Gasteiger partial charge is 0.346 e. The molecule has 0 radical (unpaired) electrons. The second-order valence-corrected chi connectivity index (χ2v) is 6.04. The van der Waals surface area contributed by atoms with E-state index in [1.54, 1.807) is 0 Å². The molecule has 0 bridgehead atoms. The summed E-state index contributed by atoms with van der Waals surface area (Å²) in [5, 5.41) is 1.22. The Morgan fingerprint density at radius 1 is 1.08 bits per heavy atom. The molecule has 1 aliphatic rings. The Kier molecular flexibility index (Phi) is 4.14. The van der Waals surface area contributed by atoms with Crippen molar-refractivity contribution in [3.63, 3.8) is 0 Å². The van der Waals surface area contributed by atoms with Crippen LogP contribution in [-0.4, -0.2) is 28.0 Å². The summed E-state index contributed by atoms with van der Waals surface area (Å²) in [5.74, 6) is 6.56. The quantitative estimate of drug-likeness (QED) is 0.731. The fraction of sp³-hybridized carbons (Fsp3) is 0.190. The van der Waals surface area contributed by atoms with Gasteiger partial charge in [0, 0.05) is 48.6 Å². The van der Waals surface area contributed by atoms with Crippen molar-refractivity contribution in [3.8, 4) is 11.8 Å². The molecule has 0 aliphatic carbocycles. The molecule has 24 heavy (non-hydrogen) atoms. The Balaban J connectivity index is 1.42. The molecule has 0 atom stereocenters. The molecule has 3 nitrogen and oxygen atoms in total. The van der Waals surface area contributed by atoms with Crippen molar-refractivity contribution < 1.29 is 0 Å². The Morgan fingerprint density at radius 2 is 2.00 bits per heavy atom. The average molecular weight is 313 g/mol. The van der Waals surface area contributed by atoms with Gasteiger partial charge in [-0.25, -0.2) is 4.98 Å². The van der Waals surface area contributed by atoms with Crippen LogP contribution in [0.2, 0.25) is 0 Å². The second kappa shape index (κ2) is 6.74. The number of H-pyrrole nitrogens is 1. The van der Waals surface area contributed by atoms with Crippen LogP contribution in [0.1, 0.15) is 17.5 Å². The lowest BCUT2D eigenvalue weighted by Crippen LogP contribution is -2.28. The van der Waals surface area contributed by atoms with Crippen molar-refractivity contribution in [2.24, 2.45) is 0 Å². The zero-order valence-corrected chi connectivity index (χ0v) is 13.5. The maximum Gasteiger partial charge on any atom is 0.137 e. The molecular formula is C21H19N3. The normalized spacial score (nSPS) is 14.9. The van der Waals surface area contributed by atoms with E-state index in [-0.39, 0.29) is 0 Å². The van der Waals surface area contributed by atoms with E-state index in [1.165, 1.54) is 16.5 Å². The molecular weight excluding hydrogens is 294 g/mol. The van der Waals surface area contributed by atoms with Crippen molar-refractivity contribution in [3.05, 3.63) is 77.6 Å². The van der Waals surface area contributed by atoms with Gasteiger partial charge in [0.05, 0.1) is 0 Å². The van der Waals surface area contributed by atoms with Gasteiger partial charge in [-0.15, -0.1) is 0 Å². The maximum absolute atomic E-state index is 4.36. The molecule has 3 aromatic rings. The summed E-state index contributed by atoms with van der Waals surface area (Å²) in [6.07, 6.45) is 7.17. The topological polar surface area (TPSA) is 31.9 Å². The van der Waals surface area contributed by atoms with Gasteiger partial charge in [0.15, 0.2) is 0 Å². The van der Waals surface area contributed by atoms with Gasteiger partial charge < -0.3 is 4.98 Å². The van der Waals surface area contributed by atoms with Crippen LogP contribution in [0.25, 0.3) is 11.0 Å². The lowest BCUT2D eigenvalue weighted by Gasteiger charge is -2.24. The first-order chi connectivity index (χ1) is 11.9. The van der Waals surface area contributed by atoms with Gasteiger partial charge in [-0.3, -0.25) is 4.90 Å². The number of nitrogens with one attached hydrogen (secondary N) is 1. The second-order valence-electron chi connectivity index (χ2n) is 6.04. The number of pyridine rings is 1. The van der Waals surface area contributed by atoms with E-state index >= 15 is 0 Å². The number of fused-ring (bicyclic) bond motifs is 1. The van der Waals surface area contributed by atoms with Crippen LogP contribution in [0.3, 0.4) is 0 Å². The predicted octanol–water partition coefficient (Wildman–Crippen LogP) is 3.75. The van der Waals surface area contributed by atoms with Crippen LogP contribution in [0.4, 0.5) is 0 Å². The minimum Gasteiger partial charge on any atom is -0.346 e. The highest BCUT2D eigenvalue weighted by Gasteiger charge is 2.13. The molecule has 1 aromatic carbocycles. The summed E-state index contributed by atoms with van der Waals surface area (Å²) in [6, 6.07) is 14.3. The highest BCUT2D eigenvalue weighted by atomic mass is 15.1. The van der Waals surface area contributed by atoms with E-state index in [9.17, 15) is 0 Å². The third-order valence-electron chi connectivity index (χ3n) is 4.37. The zero-order chi connectivity index (χ0) is 16.2. The summed E-state index contributed by atoms with van der Waals surface area (Å²) in [4.78, 5) is 10.1. The van der Waals surface area contributed by atoms with Gasteiger partial charge >= 0.3 is 0 Å². The molecule has 0 amide bonds. The van der Waals surface area contributed by atoms with E-state index in [4.69, 9.17) is 0 Å². The van der Waals surface area contributed by atoms with Gasteiger partial charge in [0.25, 0.3) is 0 Å². The molecule has 0 spiro atoms. The molecule has 0 saturated heterocycles. The molecule has 3 heteroatoms. The summed E-state index contributed by atoms with van der Waals surface area (Å²) < 4.78 is 0. The number of aromatic nitrogens is 2. The zero-order valence-electron chi connectivity index (χ0n) is 13.5. The van der Waals surface area contributed by atoms with Gasteiger partial charge in [-0.2, -0.15) is 0 Å². The van der Waals surface area contributed by atoms with Crippen molar-refractivity contribution in [1.82, 2.24) is 14.9 Å². The van der Waals surface area contributed by atoms with Crippen molar-refractivity contribution in [1.29, 1.82) is 0 Å². The number of hydrogen-bond donors (Lipinski definition) is 1. The van der Waals surface area contributed by atoms with Crippen LogP contribution in [-0.2, 0) is 6.54 Å². The summed E-state index contributed by atoms with van der Waals surface area (Å²) in [5.41, 5.74) is 4.60. The van der Waals surface area contributed by atoms with Gasteiger partial charge in [0.2, 0.25) is 0 Å². The number of rotatable bonds is 2. The van der Waals surface area contributed by atoms with E-state index in [0.29, 0.717) is 0 Å². The first kappa shape index (κ1) is 14.7. The Bertz CT molecular complexity index is 926. The van der Waals surface area contributed by atoms with E-state index in [2.05, 4.69) is 45.0 Å². The van der Waals surface area contributed by atoms with E-state index in [1.807, 2.05) is 42.6 Å². The number of hydrogen-bond acceptors (Lipinski definition) is 2. The maximum atomic E-state index is 4.36. The van der Waals surface area contributed by atoms with Crippen molar-refractivity contribution in [2.75, 3.05) is 13.1 Å². The first-order valence-electron chi connectivity index (χ1n) is 8.28. The Hall–Kier alpha value is -2.83. The molecule has 2 aromatic heterocycles. The van der Waals surface area contributed by atoms with Gasteiger partial charge in [-0.1, -0.05) is 36.1 Å². The Labute approximate surface area is 142 Å². The van der Waals surface area contributed by atoms with Crippen LogP contribution in [0.5, 0.6) is 0 Å². The number of nitrogens with zero attached hydrogens (tertiary/aromatic N) is 2. The molecule has 118 valence electrons. The predicted molar refractivity (Wildman–Crippen MR) is 97.4 cm³/mol. The van der Waals surface area contributed by atoms with E-state index < -0.39 is 0 Å².